The molecule has 0 aromatic carbocycles. The van der Waals surface area contributed by atoms with Crippen LogP contribution in [-0.2, 0) is 13.3 Å². The molecule has 0 aliphatic carbocycles. The predicted octanol–water partition coefficient (Wildman–Crippen LogP) is 1.02. The monoisotopic (exact) mass is 193 g/mol. The van der Waals surface area contributed by atoms with Gasteiger partial charge in [0.05, 0.1) is 6.54 Å². The molecular weight excluding hydrogens is 178 g/mol. The zero-order chi connectivity index (χ0) is 9.45. The van der Waals surface area contributed by atoms with E-state index in [-0.39, 0.29) is 6.54 Å². The number of rotatable bonds is 7. The molecule has 0 fully saturated rings. The van der Waals surface area contributed by atoms with Gasteiger partial charge < -0.3 is 13.3 Å². The van der Waals surface area contributed by atoms with E-state index in [9.17, 15) is 4.91 Å². The molecule has 0 aromatic heterocycles. The topological polar surface area (TPSA) is 57.1 Å². The molecule has 0 atom stereocenters. The highest BCUT2D eigenvalue weighted by molar-refractivity contribution is 6.60. The second-order valence-corrected chi connectivity index (χ2v) is 5.34. The number of nitrogens with zero attached hydrogens (tertiary/aromatic N) is 1. The number of hydrogen-bond acceptors (Lipinski definition) is 5. The van der Waals surface area contributed by atoms with E-state index in [1.165, 1.54) is 0 Å². The molecule has 0 saturated heterocycles. The Bertz CT molecular complexity index is 120. The average molecular weight is 193 g/mol. The normalized spacial score (nSPS) is 11.6. The zero-order valence-electron chi connectivity index (χ0n) is 7.70. The summed E-state index contributed by atoms with van der Waals surface area (Å²) in [6.45, 7) is 0.283. The van der Waals surface area contributed by atoms with Crippen molar-refractivity contribution in [1.29, 1.82) is 0 Å². The Hall–Kier alpha value is -0.303. The standard InChI is InChI=1S/C6H15NO4Si/c1-9-12(10-2,11-3)6-4-5-7-8/h4-6H2,1-3H3. The Kier molecular flexibility index (Phi) is 6.08. The van der Waals surface area contributed by atoms with Crippen LogP contribution >= 0.6 is 0 Å². The lowest BCUT2D eigenvalue weighted by Gasteiger charge is -2.23. The van der Waals surface area contributed by atoms with Gasteiger partial charge in [0.1, 0.15) is 0 Å². The van der Waals surface area contributed by atoms with Crippen LogP contribution < -0.4 is 0 Å². The highest BCUT2D eigenvalue weighted by atomic mass is 28.4. The van der Waals surface area contributed by atoms with Crippen LogP contribution in [0, 0.1) is 4.91 Å². The molecule has 0 N–H and O–H groups in total. The molecule has 0 bridgehead atoms. The van der Waals surface area contributed by atoms with Gasteiger partial charge in [-0.15, -0.1) is 0 Å². The summed E-state index contributed by atoms with van der Waals surface area (Å²) in [6, 6.07) is 0.627. The molecule has 0 heterocycles. The minimum absolute atomic E-state index is 0.283. The van der Waals surface area contributed by atoms with E-state index in [0.717, 1.165) is 0 Å². The van der Waals surface area contributed by atoms with Crippen molar-refractivity contribution < 1.29 is 13.3 Å². The SMILES string of the molecule is CO[Si](CCCN=O)(OC)OC. The Balaban J connectivity index is 3.84. The molecule has 0 spiro atoms. The van der Waals surface area contributed by atoms with Crippen LogP contribution in [0.2, 0.25) is 6.04 Å². The van der Waals surface area contributed by atoms with Crippen molar-refractivity contribution in [3.05, 3.63) is 4.91 Å². The molecule has 0 aliphatic rings. The summed E-state index contributed by atoms with van der Waals surface area (Å²) in [7, 11) is 2.19. The van der Waals surface area contributed by atoms with Gasteiger partial charge in [0.2, 0.25) is 0 Å². The Morgan fingerprint density at radius 1 is 1.17 bits per heavy atom. The molecule has 0 amide bonds. The van der Waals surface area contributed by atoms with Crippen LogP contribution in [0.3, 0.4) is 0 Å². The van der Waals surface area contributed by atoms with Crippen LogP contribution in [0.15, 0.2) is 5.18 Å². The molecule has 0 saturated carbocycles. The lowest BCUT2D eigenvalue weighted by atomic mass is 10.5. The van der Waals surface area contributed by atoms with E-state index < -0.39 is 8.80 Å². The van der Waals surface area contributed by atoms with Crippen molar-refractivity contribution in [3.63, 3.8) is 0 Å². The first-order valence-corrected chi connectivity index (χ1v) is 5.62. The summed E-state index contributed by atoms with van der Waals surface area (Å²) < 4.78 is 15.4. The van der Waals surface area contributed by atoms with E-state index in [1.54, 1.807) is 21.3 Å². The van der Waals surface area contributed by atoms with Crippen LogP contribution in [0.25, 0.3) is 0 Å². The summed E-state index contributed by atoms with van der Waals surface area (Å²) in [4.78, 5) is 9.80. The highest BCUT2D eigenvalue weighted by Crippen LogP contribution is 2.14. The quantitative estimate of drug-likeness (QED) is 0.344. The second-order valence-electron chi connectivity index (χ2n) is 2.25. The Labute approximate surface area is 73.4 Å². The Morgan fingerprint density at radius 3 is 2.00 bits per heavy atom. The molecule has 0 rings (SSSR count). The van der Waals surface area contributed by atoms with Crippen LogP contribution in [0.4, 0.5) is 0 Å². The lowest BCUT2D eigenvalue weighted by Crippen LogP contribution is -2.42. The smallest absolute Gasteiger partial charge is 0.377 e. The summed E-state index contributed by atoms with van der Waals surface area (Å²) >= 11 is 0. The molecule has 0 unspecified atom stereocenters. The molecule has 5 nitrogen and oxygen atoms in total. The minimum Gasteiger partial charge on any atom is -0.377 e. The maximum Gasteiger partial charge on any atom is 0.500 e. The van der Waals surface area contributed by atoms with Gasteiger partial charge in [0.15, 0.2) is 0 Å². The second kappa shape index (κ2) is 6.24. The van der Waals surface area contributed by atoms with Gasteiger partial charge in [-0.05, 0) is 6.42 Å². The fraction of sp³-hybridized carbons (Fsp3) is 1.00. The maximum absolute atomic E-state index is 9.80. The zero-order valence-corrected chi connectivity index (χ0v) is 8.70. The van der Waals surface area contributed by atoms with Gasteiger partial charge in [-0.3, -0.25) is 0 Å². The first-order chi connectivity index (χ1) is 5.74. The third kappa shape index (κ3) is 3.40. The lowest BCUT2D eigenvalue weighted by molar-refractivity contribution is 0.123. The maximum atomic E-state index is 9.80. The predicted molar refractivity (Wildman–Crippen MR) is 46.9 cm³/mol. The number of nitroso groups, excluding NO2 is 1. The Morgan fingerprint density at radius 2 is 1.67 bits per heavy atom. The van der Waals surface area contributed by atoms with Crippen molar-refractivity contribution in [2.24, 2.45) is 5.18 Å². The highest BCUT2D eigenvalue weighted by Gasteiger charge is 2.36. The summed E-state index contributed by atoms with van der Waals surface area (Å²) in [5, 5.41) is 2.75. The van der Waals surface area contributed by atoms with Gasteiger partial charge >= 0.3 is 8.80 Å². The van der Waals surface area contributed by atoms with E-state index >= 15 is 0 Å². The first kappa shape index (κ1) is 11.7. The van der Waals surface area contributed by atoms with Crippen molar-refractivity contribution in [2.75, 3.05) is 27.9 Å². The van der Waals surface area contributed by atoms with Crippen LogP contribution in [0.5, 0.6) is 0 Å². The van der Waals surface area contributed by atoms with Crippen LogP contribution in [-0.4, -0.2) is 36.7 Å². The summed E-state index contributed by atoms with van der Waals surface area (Å²) in [5.74, 6) is 0. The molecule has 0 aromatic rings. The average Bonchev–Trinajstić information content (AvgIpc) is 2.14. The van der Waals surface area contributed by atoms with E-state index in [0.29, 0.717) is 12.5 Å². The fourth-order valence-electron chi connectivity index (χ4n) is 0.916. The third-order valence-corrected chi connectivity index (χ3v) is 4.50. The summed E-state index contributed by atoms with van der Waals surface area (Å²) in [5.41, 5.74) is 0. The largest absolute Gasteiger partial charge is 0.500 e. The minimum atomic E-state index is -2.45. The van der Waals surface area contributed by atoms with Gasteiger partial charge in [-0.25, -0.2) is 0 Å². The summed E-state index contributed by atoms with van der Waals surface area (Å²) in [6.07, 6.45) is 0.644. The van der Waals surface area contributed by atoms with Crippen molar-refractivity contribution >= 4 is 8.80 Å². The molecule has 72 valence electrons. The molecule has 0 radical (unpaired) electrons. The molecular formula is C6H15NO4Si. The molecule has 0 aliphatic heterocycles. The van der Waals surface area contributed by atoms with Crippen molar-refractivity contribution in [3.8, 4) is 0 Å². The van der Waals surface area contributed by atoms with Gasteiger partial charge in [-0.2, -0.15) is 4.91 Å². The molecule has 12 heavy (non-hydrogen) atoms. The third-order valence-electron chi connectivity index (χ3n) is 1.67. The van der Waals surface area contributed by atoms with E-state index in [1.807, 2.05) is 0 Å². The first-order valence-electron chi connectivity index (χ1n) is 3.69. The van der Waals surface area contributed by atoms with Gasteiger partial charge in [-0.1, -0.05) is 5.18 Å². The van der Waals surface area contributed by atoms with E-state index in [2.05, 4.69) is 5.18 Å². The molecule has 6 heteroatoms. The van der Waals surface area contributed by atoms with Crippen LogP contribution in [0.1, 0.15) is 6.42 Å². The van der Waals surface area contributed by atoms with Gasteiger partial charge in [0, 0.05) is 27.4 Å². The van der Waals surface area contributed by atoms with Crippen molar-refractivity contribution in [1.82, 2.24) is 0 Å². The van der Waals surface area contributed by atoms with Gasteiger partial charge in [0.25, 0.3) is 0 Å². The van der Waals surface area contributed by atoms with E-state index in [4.69, 9.17) is 13.3 Å². The fourth-order valence-corrected chi connectivity index (χ4v) is 2.62. The van der Waals surface area contributed by atoms with Crippen molar-refractivity contribution in [2.45, 2.75) is 12.5 Å². The number of hydrogen-bond donors (Lipinski definition) is 0.